The molecule has 0 aliphatic rings. The summed E-state index contributed by atoms with van der Waals surface area (Å²) < 4.78 is 0.422. The van der Waals surface area contributed by atoms with Crippen molar-refractivity contribution in [2.24, 2.45) is 5.92 Å². The number of hydrogen-bond acceptors (Lipinski definition) is 7. The van der Waals surface area contributed by atoms with E-state index >= 15 is 0 Å². The van der Waals surface area contributed by atoms with Gasteiger partial charge in [-0.1, -0.05) is 13.8 Å². The van der Waals surface area contributed by atoms with E-state index in [2.05, 4.69) is 32.6 Å². The largest absolute Gasteiger partial charge is 0.505 e. The normalized spacial score (nSPS) is 12.2. The van der Waals surface area contributed by atoms with Gasteiger partial charge >= 0.3 is 0 Å². The van der Waals surface area contributed by atoms with Gasteiger partial charge in [-0.25, -0.2) is 0 Å². The third-order valence-electron chi connectivity index (χ3n) is 4.94. The Morgan fingerprint density at radius 2 is 1.81 bits per heavy atom. The Kier molecular flexibility index (Phi) is 6.56. The van der Waals surface area contributed by atoms with Crippen LogP contribution >= 0.6 is 27.3 Å². The van der Waals surface area contributed by atoms with Gasteiger partial charge in [0, 0.05) is 23.4 Å². The summed E-state index contributed by atoms with van der Waals surface area (Å²) in [5.74, 6) is -0.536. The van der Waals surface area contributed by atoms with Crippen LogP contribution in [0, 0.1) is 12.8 Å². The second-order valence-electron chi connectivity index (χ2n) is 7.94. The first-order valence-electron chi connectivity index (χ1n) is 9.67. The van der Waals surface area contributed by atoms with Gasteiger partial charge in [0.1, 0.15) is 11.4 Å². The predicted molar refractivity (Wildman–Crippen MR) is 129 cm³/mol. The quantitative estimate of drug-likeness (QED) is 0.325. The number of nitrogens with one attached hydrogen (secondary N) is 2. The summed E-state index contributed by atoms with van der Waals surface area (Å²) in [6.07, 6.45) is 0. The lowest BCUT2D eigenvalue weighted by Gasteiger charge is -2.25. The molecular formula is C22H24BrN3O4S. The third-order valence-corrected chi connectivity index (χ3v) is 6.74. The molecule has 9 heteroatoms. The zero-order valence-electron chi connectivity index (χ0n) is 17.9. The molecule has 0 spiro atoms. The van der Waals surface area contributed by atoms with E-state index in [0.717, 1.165) is 10.4 Å². The minimum absolute atomic E-state index is 0.0670. The van der Waals surface area contributed by atoms with Crippen LogP contribution in [0.2, 0.25) is 0 Å². The monoisotopic (exact) mass is 505 g/mol. The molecule has 0 aliphatic carbocycles. The van der Waals surface area contributed by atoms with Crippen LogP contribution in [0.25, 0.3) is 0 Å². The molecule has 0 bridgehead atoms. The van der Waals surface area contributed by atoms with Gasteiger partial charge in [-0.2, -0.15) is 0 Å². The number of carbonyl (C=O) groups excluding carboxylic acids is 1. The highest BCUT2D eigenvalue weighted by Gasteiger charge is 2.28. The lowest BCUT2D eigenvalue weighted by Crippen LogP contribution is -2.38. The van der Waals surface area contributed by atoms with Crippen molar-refractivity contribution >= 4 is 50.2 Å². The van der Waals surface area contributed by atoms with Gasteiger partial charge in [0.2, 0.25) is 0 Å². The van der Waals surface area contributed by atoms with Crippen LogP contribution in [0.3, 0.4) is 0 Å². The number of phenols is 1. The van der Waals surface area contributed by atoms with Crippen LogP contribution in [-0.4, -0.2) is 30.0 Å². The summed E-state index contributed by atoms with van der Waals surface area (Å²) >= 11 is 4.87. The highest BCUT2D eigenvalue weighted by atomic mass is 79.9. The number of anilines is 3. The van der Waals surface area contributed by atoms with E-state index in [1.807, 2.05) is 26.2 Å². The third kappa shape index (κ3) is 4.38. The summed E-state index contributed by atoms with van der Waals surface area (Å²) in [6.45, 7) is 6.07. The molecule has 0 radical (unpaired) electrons. The van der Waals surface area contributed by atoms with E-state index in [1.54, 1.807) is 31.5 Å². The van der Waals surface area contributed by atoms with Crippen molar-refractivity contribution in [1.82, 2.24) is 4.90 Å². The Morgan fingerprint density at radius 3 is 2.35 bits per heavy atom. The number of thiophene rings is 1. The first-order chi connectivity index (χ1) is 14.5. The van der Waals surface area contributed by atoms with Crippen LogP contribution < -0.4 is 21.5 Å². The van der Waals surface area contributed by atoms with E-state index in [1.165, 1.54) is 11.0 Å². The number of nitrogens with zero attached hydrogens (tertiary/aromatic N) is 1. The molecule has 0 saturated carbocycles. The van der Waals surface area contributed by atoms with Crippen molar-refractivity contribution in [3.05, 3.63) is 64.5 Å². The Balaban J connectivity index is 1.96. The van der Waals surface area contributed by atoms with Gasteiger partial charge in [0.25, 0.3) is 16.8 Å². The van der Waals surface area contributed by atoms with E-state index in [9.17, 15) is 19.5 Å². The van der Waals surface area contributed by atoms with Crippen LogP contribution in [0.4, 0.5) is 17.1 Å². The van der Waals surface area contributed by atoms with Crippen LogP contribution in [0.1, 0.15) is 40.7 Å². The number of phenolic OH excluding ortho intramolecular Hbond substituents is 1. The lowest BCUT2D eigenvalue weighted by molar-refractivity contribution is 0.0824. The molecule has 7 nitrogen and oxygen atoms in total. The van der Waals surface area contributed by atoms with Crippen molar-refractivity contribution in [1.29, 1.82) is 0 Å². The maximum absolute atomic E-state index is 12.4. The molecule has 1 atom stereocenters. The fourth-order valence-electron chi connectivity index (χ4n) is 3.22. The highest BCUT2D eigenvalue weighted by molar-refractivity contribution is 9.10. The summed E-state index contributed by atoms with van der Waals surface area (Å²) in [5, 5.41) is 18.8. The average molecular weight is 506 g/mol. The summed E-state index contributed by atoms with van der Waals surface area (Å²) in [5.41, 5.74) is 0.336. The van der Waals surface area contributed by atoms with Gasteiger partial charge in [-0.3, -0.25) is 14.4 Å². The second-order valence-corrected chi connectivity index (χ2v) is 9.74. The standard InChI is InChI=1S/C22H24BrN3O4S/c1-10(2)16(14-8-11(3)9-31-14)25-18-17(20(28)21(18)29)24-13-7-6-12(23)15(19(13)27)22(30)26(4)5/h6-10,16,24-25,27H,1-5H3/t16-/m1/s1. The van der Waals surface area contributed by atoms with Crippen molar-refractivity contribution in [2.75, 3.05) is 24.7 Å². The molecule has 0 unspecified atom stereocenters. The maximum Gasteiger partial charge on any atom is 0.258 e. The molecule has 2 aromatic carbocycles. The Morgan fingerprint density at radius 1 is 1.16 bits per heavy atom. The molecule has 0 aliphatic heterocycles. The SMILES string of the molecule is Cc1csc([C@H](Nc2c(Nc3ccc(Br)c(C(=O)N(C)C)c3O)c(=O)c2=O)C(C)C)c1. The molecule has 3 rings (SSSR count). The molecular weight excluding hydrogens is 482 g/mol. The maximum atomic E-state index is 12.4. The molecule has 3 aromatic rings. The van der Waals surface area contributed by atoms with Crippen LogP contribution in [-0.2, 0) is 0 Å². The summed E-state index contributed by atoms with van der Waals surface area (Å²) in [6, 6.07) is 5.05. The first kappa shape index (κ1) is 23.0. The number of aryl methyl sites for hydroxylation is 1. The lowest BCUT2D eigenvalue weighted by atomic mass is 10.0. The summed E-state index contributed by atoms with van der Waals surface area (Å²) in [7, 11) is 3.15. The van der Waals surface area contributed by atoms with Crippen molar-refractivity contribution < 1.29 is 9.90 Å². The molecule has 0 fully saturated rings. The predicted octanol–water partition coefficient (Wildman–Crippen LogP) is 4.38. The number of amides is 1. The van der Waals surface area contributed by atoms with Gasteiger partial charge in [-0.05, 0) is 57.9 Å². The van der Waals surface area contributed by atoms with Gasteiger partial charge in [0.15, 0.2) is 5.75 Å². The Labute approximate surface area is 192 Å². The number of aromatic hydroxyl groups is 1. The number of benzene rings is 1. The number of rotatable bonds is 7. The van der Waals surface area contributed by atoms with Crippen molar-refractivity contribution in [3.8, 4) is 5.75 Å². The first-order valence-corrected chi connectivity index (χ1v) is 11.3. The molecule has 31 heavy (non-hydrogen) atoms. The van der Waals surface area contributed by atoms with Crippen LogP contribution in [0.5, 0.6) is 5.75 Å². The molecule has 1 aromatic heterocycles. The van der Waals surface area contributed by atoms with Crippen LogP contribution in [0.15, 0.2) is 37.6 Å². The van der Waals surface area contributed by atoms with Gasteiger partial charge in [-0.15, -0.1) is 11.3 Å². The van der Waals surface area contributed by atoms with E-state index in [0.29, 0.717) is 4.47 Å². The molecule has 3 N–H and O–H groups in total. The van der Waals surface area contributed by atoms with Crippen molar-refractivity contribution in [2.45, 2.75) is 26.8 Å². The minimum Gasteiger partial charge on any atom is -0.505 e. The average Bonchev–Trinajstić information content (AvgIpc) is 3.13. The smallest absolute Gasteiger partial charge is 0.258 e. The zero-order valence-corrected chi connectivity index (χ0v) is 20.3. The van der Waals surface area contributed by atoms with E-state index in [-0.39, 0.29) is 40.3 Å². The van der Waals surface area contributed by atoms with Crippen molar-refractivity contribution in [3.63, 3.8) is 0 Å². The molecule has 1 heterocycles. The number of hydrogen-bond donors (Lipinski definition) is 3. The number of carbonyl (C=O) groups is 1. The van der Waals surface area contributed by atoms with E-state index in [4.69, 9.17) is 0 Å². The Bertz CT molecular complexity index is 1210. The fraction of sp³-hybridized carbons (Fsp3) is 0.318. The topological polar surface area (TPSA) is 98.7 Å². The fourth-order valence-corrected chi connectivity index (χ4v) is 4.83. The zero-order chi connectivity index (χ0) is 23.0. The van der Waals surface area contributed by atoms with E-state index < -0.39 is 16.8 Å². The molecule has 0 saturated heterocycles. The van der Waals surface area contributed by atoms with Gasteiger partial charge in [0.05, 0.1) is 17.3 Å². The molecule has 164 valence electrons. The molecule has 1 amide bonds. The Hall–Kier alpha value is -2.65. The number of halogens is 1. The van der Waals surface area contributed by atoms with Gasteiger partial charge < -0.3 is 20.6 Å². The highest BCUT2D eigenvalue weighted by Crippen LogP contribution is 2.38. The second kappa shape index (κ2) is 8.84. The summed E-state index contributed by atoms with van der Waals surface area (Å²) in [4.78, 5) is 39.5. The minimum atomic E-state index is -0.671.